The van der Waals surface area contributed by atoms with Crippen molar-refractivity contribution in [3.63, 3.8) is 0 Å². The Balaban J connectivity index is 0.910. The molecule has 2 aliphatic heterocycles. The van der Waals surface area contributed by atoms with Crippen molar-refractivity contribution < 1.29 is 19.7 Å². The largest absolute Gasteiger partial charge is 0.506 e. The highest BCUT2D eigenvalue weighted by Gasteiger charge is 2.41. The summed E-state index contributed by atoms with van der Waals surface area (Å²) < 4.78 is 6.92. The molecule has 12 heteroatoms. The minimum atomic E-state index is -0.742. The van der Waals surface area contributed by atoms with Crippen LogP contribution in [-0.2, 0) is 4.74 Å². The maximum Gasteiger partial charge on any atom is 0.305 e. The SMILES string of the molecule is CC(C)c1nc(C(=O)N2CCOC3(CCN(CCCCCCC[C@H](C)CNC[C@H](O)c4ccc(O)c5[nH]c(=O)sc45)CC3)C2)cs1. The summed E-state index contributed by atoms with van der Waals surface area (Å²) in [7, 11) is 0. The molecule has 5 rings (SSSR count). The molecule has 1 aromatic carbocycles. The average molecular weight is 674 g/mol. The summed E-state index contributed by atoms with van der Waals surface area (Å²) in [6, 6.07) is 3.21. The van der Waals surface area contributed by atoms with Gasteiger partial charge in [-0.15, -0.1) is 11.3 Å². The third kappa shape index (κ3) is 8.96. The van der Waals surface area contributed by atoms with Crippen LogP contribution in [0.25, 0.3) is 10.2 Å². The number of aromatic hydroxyl groups is 1. The number of ether oxygens (including phenoxy) is 1. The van der Waals surface area contributed by atoms with Crippen molar-refractivity contribution in [1.29, 1.82) is 0 Å². The highest BCUT2D eigenvalue weighted by Crippen LogP contribution is 2.32. The molecule has 2 aromatic heterocycles. The van der Waals surface area contributed by atoms with Gasteiger partial charge in [0.15, 0.2) is 0 Å². The molecular weight excluding hydrogens is 623 g/mol. The van der Waals surface area contributed by atoms with Crippen LogP contribution < -0.4 is 10.2 Å². The van der Waals surface area contributed by atoms with Crippen LogP contribution in [0.15, 0.2) is 22.3 Å². The molecule has 254 valence electrons. The highest BCUT2D eigenvalue weighted by molar-refractivity contribution is 7.16. The number of carbonyl (C=O) groups excluding carboxylic acids is 1. The minimum Gasteiger partial charge on any atom is -0.506 e. The number of nitrogens with one attached hydrogen (secondary N) is 2. The van der Waals surface area contributed by atoms with Crippen LogP contribution in [0.3, 0.4) is 0 Å². The molecule has 0 unspecified atom stereocenters. The second kappa shape index (κ2) is 16.2. The maximum absolute atomic E-state index is 13.2. The molecule has 2 aliphatic rings. The first-order valence-electron chi connectivity index (χ1n) is 17.0. The van der Waals surface area contributed by atoms with E-state index in [0.29, 0.717) is 59.6 Å². The van der Waals surface area contributed by atoms with E-state index in [2.05, 4.69) is 41.0 Å². The standard InChI is InChI=1S/C34H51N5O5S2/c1-23(2)31-36-26(21-45-31)32(42)39-17-18-44-34(22-39)12-15-38(16-13-34)14-8-6-4-5-7-9-24(3)19-35-20-28(41)25-10-11-27(40)29-30(25)46-33(43)37-29/h10-11,21,23-24,28,35,40-41H,4-9,12-20,22H2,1-3H3,(H,37,43)/t24-,28-/m0/s1. The van der Waals surface area contributed by atoms with Gasteiger partial charge >= 0.3 is 4.87 Å². The molecule has 46 heavy (non-hydrogen) atoms. The van der Waals surface area contributed by atoms with Gasteiger partial charge in [0.2, 0.25) is 0 Å². The number of aliphatic hydroxyl groups excluding tert-OH is 1. The Bertz CT molecular complexity index is 1480. The lowest BCUT2D eigenvalue weighted by atomic mass is 9.89. The Kier molecular flexibility index (Phi) is 12.3. The van der Waals surface area contributed by atoms with E-state index in [1.165, 1.54) is 38.2 Å². The molecule has 4 heterocycles. The monoisotopic (exact) mass is 673 g/mol. The molecule has 0 radical (unpaired) electrons. The Hall–Kier alpha value is -2.35. The number of phenols is 1. The number of fused-ring (bicyclic) bond motifs is 1. The fourth-order valence-electron chi connectivity index (χ4n) is 6.66. The number of nitrogens with zero attached hydrogens (tertiary/aromatic N) is 3. The molecule has 3 aromatic rings. The van der Waals surface area contributed by atoms with E-state index in [1.807, 2.05) is 10.3 Å². The lowest BCUT2D eigenvalue weighted by Gasteiger charge is -2.47. The number of morpholine rings is 1. The smallest absolute Gasteiger partial charge is 0.305 e. The summed E-state index contributed by atoms with van der Waals surface area (Å²) in [4.78, 5) is 36.4. The number of aromatic nitrogens is 2. The number of hydrogen-bond donors (Lipinski definition) is 4. The molecule has 0 aliphatic carbocycles. The van der Waals surface area contributed by atoms with E-state index in [0.717, 1.165) is 61.8 Å². The highest BCUT2D eigenvalue weighted by atomic mass is 32.1. The third-order valence-corrected chi connectivity index (χ3v) is 11.6. The molecule has 1 amide bonds. The number of aliphatic hydroxyl groups is 1. The number of aromatic amines is 1. The van der Waals surface area contributed by atoms with E-state index < -0.39 is 6.10 Å². The summed E-state index contributed by atoms with van der Waals surface area (Å²) in [5, 5.41) is 27.0. The Labute approximate surface area is 280 Å². The van der Waals surface area contributed by atoms with E-state index in [9.17, 15) is 19.8 Å². The van der Waals surface area contributed by atoms with Crippen LogP contribution in [0.4, 0.5) is 0 Å². The maximum atomic E-state index is 13.2. The number of phenolic OH excluding ortho intramolecular Hbond substituents is 1. The predicted molar refractivity (Wildman–Crippen MR) is 185 cm³/mol. The number of unbranched alkanes of at least 4 members (excludes halogenated alkanes) is 4. The molecule has 10 nitrogen and oxygen atoms in total. The van der Waals surface area contributed by atoms with Crippen LogP contribution in [0.5, 0.6) is 5.75 Å². The van der Waals surface area contributed by atoms with Crippen molar-refractivity contribution in [3.8, 4) is 5.75 Å². The Morgan fingerprint density at radius 3 is 2.63 bits per heavy atom. The first-order chi connectivity index (χ1) is 22.1. The predicted octanol–water partition coefficient (Wildman–Crippen LogP) is 5.48. The number of H-pyrrole nitrogens is 1. The fourth-order valence-corrected chi connectivity index (χ4v) is 8.38. The van der Waals surface area contributed by atoms with Gasteiger partial charge < -0.3 is 35.1 Å². The van der Waals surface area contributed by atoms with Gasteiger partial charge in [0.05, 0.1) is 34.6 Å². The van der Waals surface area contributed by atoms with E-state index in [-0.39, 0.29) is 22.1 Å². The van der Waals surface area contributed by atoms with Gasteiger partial charge in [-0.2, -0.15) is 0 Å². The summed E-state index contributed by atoms with van der Waals surface area (Å²) in [5.74, 6) is 0.922. The molecule has 2 atom stereocenters. The quantitative estimate of drug-likeness (QED) is 0.156. The van der Waals surface area contributed by atoms with E-state index >= 15 is 0 Å². The zero-order valence-electron chi connectivity index (χ0n) is 27.6. The van der Waals surface area contributed by atoms with Crippen molar-refractivity contribution in [3.05, 3.63) is 43.4 Å². The average Bonchev–Trinajstić information content (AvgIpc) is 3.69. The number of piperidine rings is 1. The zero-order valence-corrected chi connectivity index (χ0v) is 29.2. The summed E-state index contributed by atoms with van der Waals surface area (Å²) in [6.45, 7) is 12.8. The molecule has 2 fully saturated rings. The molecular formula is C34H51N5O5S2. The van der Waals surface area contributed by atoms with Gasteiger partial charge in [-0.05, 0) is 50.8 Å². The van der Waals surface area contributed by atoms with Crippen molar-refractivity contribution in [2.24, 2.45) is 5.92 Å². The first kappa shape index (κ1) is 35.0. The van der Waals surface area contributed by atoms with Gasteiger partial charge in [0.25, 0.3) is 5.91 Å². The van der Waals surface area contributed by atoms with Crippen molar-refractivity contribution in [2.75, 3.05) is 52.4 Å². The molecule has 1 spiro atoms. The van der Waals surface area contributed by atoms with Crippen LogP contribution >= 0.6 is 22.7 Å². The summed E-state index contributed by atoms with van der Waals surface area (Å²) >= 11 is 2.59. The van der Waals surface area contributed by atoms with Crippen LogP contribution in [0, 0.1) is 5.92 Å². The summed E-state index contributed by atoms with van der Waals surface area (Å²) in [5.41, 5.74) is 1.42. The molecule has 2 saturated heterocycles. The Morgan fingerprint density at radius 2 is 1.87 bits per heavy atom. The van der Waals surface area contributed by atoms with Crippen LogP contribution in [0.2, 0.25) is 0 Å². The fraction of sp³-hybridized carbons (Fsp3) is 0.676. The number of benzene rings is 1. The van der Waals surface area contributed by atoms with Gasteiger partial charge in [-0.1, -0.05) is 63.9 Å². The minimum absolute atomic E-state index is 0.0235. The van der Waals surface area contributed by atoms with Gasteiger partial charge in [-0.3, -0.25) is 9.59 Å². The second-order valence-corrected chi connectivity index (χ2v) is 15.4. The summed E-state index contributed by atoms with van der Waals surface area (Å²) in [6.07, 6.45) is 8.52. The number of rotatable bonds is 15. The van der Waals surface area contributed by atoms with Crippen molar-refractivity contribution in [1.82, 2.24) is 25.1 Å². The van der Waals surface area contributed by atoms with Crippen molar-refractivity contribution >= 4 is 38.8 Å². The van der Waals surface area contributed by atoms with E-state index in [4.69, 9.17) is 4.74 Å². The lowest BCUT2D eigenvalue weighted by Crippen LogP contribution is -2.58. The zero-order chi connectivity index (χ0) is 32.7. The van der Waals surface area contributed by atoms with Gasteiger partial charge in [0, 0.05) is 43.0 Å². The van der Waals surface area contributed by atoms with Gasteiger partial charge in [0.1, 0.15) is 17.0 Å². The molecule has 0 saturated carbocycles. The number of amides is 1. The molecule has 0 bridgehead atoms. The lowest BCUT2D eigenvalue weighted by molar-refractivity contribution is -0.127. The van der Waals surface area contributed by atoms with Gasteiger partial charge in [-0.25, -0.2) is 4.98 Å². The molecule has 4 N–H and O–H groups in total. The normalized spacial score (nSPS) is 18.5. The number of thiazole rings is 2. The van der Waals surface area contributed by atoms with Crippen molar-refractivity contribution in [2.45, 2.75) is 89.8 Å². The number of carbonyl (C=O) groups is 1. The Morgan fingerprint density at radius 1 is 1.11 bits per heavy atom. The number of likely N-dealkylation sites (tertiary alicyclic amines) is 1. The third-order valence-electron chi connectivity index (χ3n) is 9.49. The second-order valence-electron chi connectivity index (χ2n) is 13.6. The van der Waals surface area contributed by atoms with Crippen LogP contribution in [-0.4, -0.2) is 93.9 Å². The first-order valence-corrected chi connectivity index (χ1v) is 18.7. The number of hydrogen-bond acceptors (Lipinski definition) is 10. The van der Waals surface area contributed by atoms with Crippen LogP contribution in [0.1, 0.15) is 105 Å². The topological polar surface area (TPSA) is 131 Å². The van der Waals surface area contributed by atoms with E-state index in [1.54, 1.807) is 17.4 Å².